The number of aromatic nitrogens is 2. The highest BCUT2D eigenvalue weighted by Gasteiger charge is 2.34. The van der Waals surface area contributed by atoms with E-state index in [1.54, 1.807) is 0 Å². The molecule has 1 unspecified atom stereocenters. The summed E-state index contributed by atoms with van der Waals surface area (Å²) >= 11 is 0. The minimum absolute atomic E-state index is 0.106. The zero-order chi connectivity index (χ0) is 16.8. The van der Waals surface area contributed by atoms with E-state index < -0.39 is 5.82 Å². The minimum Gasteiger partial charge on any atom is -0.381 e. The molecule has 1 aliphatic rings. The van der Waals surface area contributed by atoms with Crippen molar-refractivity contribution in [1.82, 2.24) is 15.3 Å². The Bertz CT molecular complexity index is 629. The molecule has 0 bridgehead atoms. The number of rotatable bonds is 6. The molecule has 3 rings (SSSR count). The van der Waals surface area contributed by atoms with Crippen molar-refractivity contribution in [3.63, 3.8) is 0 Å². The molecule has 1 fully saturated rings. The van der Waals surface area contributed by atoms with Crippen LogP contribution in [0.1, 0.15) is 31.4 Å². The Morgan fingerprint density at radius 3 is 2.50 bits per heavy atom. The van der Waals surface area contributed by atoms with E-state index in [0.717, 1.165) is 26.1 Å². The van der Waals surface area contributed by atoms with Crippen molar-refractivity contribution in [2.75, 3.05) is 25.1 Å². The third-order valence-electron chi connectivity index (χ3n) is 4.48. The van der Waals surface area contributed by atoms with Crippen LogP contribution < -0.4 is 10.6 Å². The smallest absolute Gasteiger partial charge is 0.222 e. The van der Waals surface area contributed by atoms with Gasteiger partial charge in [-0.15, -0.1) is 0 Å². The molecule has 2 N–H and O–H groups in total. The molecule has 2 aromatic rings. The first-order valence-electron chi connectivity index (χ1n) is 8.29. The fourth-order valence-electron chi connectivity index (χ4n) is 3.07. The normalized spacial score (nSPS) is 18.1. The molecule has 1 aromatic heterocycles. The second kappa shape index (κ2) is 7.68. The third kappa shape index (κ3) is 4.27. The minimum atomic E-state index is -0.433. The number of ether oxygens (including phenoxy) is 1. The van der Waals surface area contributed by atoms with E-state index in [0.29, 0.717) is 12.5 Å². The Morgan fingerprint density at radius 2 is 1.83 bits per heavy atom. The highest BCUT2D eigenvalue weighted by molar-refractivity contribution is 5.25. The second-order valence-corrected chi connectivity index (χ2v) is 6.25. The van der Waals surface area contributed by atoms with Crippen LogP contribution >= 0.6 is 0 Å². The van der Waals surface area contributed by atoms with E-state index in [2.05, 4.69) is 51.8 Å². The SMILES string of the molecule is CC(NC1(CNc2ncc(F)cn2)CCOCC1)c1ccccc1. The molecule has 5 nitrogen and oxygen atoms in total. The van der Waals surface area contributed by atoms with Crippen LogP contribution in [0.15, 0.2) is 42.7 Å². The average molecular weight is 330 g/mol. The maximum absolute atomic E-state index is 12.9. The van der Waals surface area contributed by atoms with Crippen LogP contribution in [0.2, 0.25) is 0 Å². The van der Waals surface area contributed by atoms with Crippen LogP contribution in [-0.2, 0) is 4.74 Å². The molecule has 128 valence electrons. The van der Waals surface area contributed by atoms with Crippen LogP contribution in [0.25, 0.3) is 0 Å². The second-order valence-electron chi connectivity index (χ2n) is 6.25. The number of nitrogens with zero attached hydrogens (tertiary/aromatic N) is 2. The number of benzene rings is 1. The van der Waals surface area contributed by atoms with Crippen molar-refractivity contribution in [1.29, 1.82) is 0 Å². The van der Waals surface area contributed by atoms with Gasteiger partial charge in [-0.3, -0.25) is 0 Å². The molecule has 1 saturated heterocycles. The molecule has 0 aliphatic carbocycles. The van der Waals surface area contributed by atoms with Gasteiger partial charge in [0.05, 0.1) is 12.4 Å². The van der Waals surface area contributed by atoms with E-state index >= 15 is 0 Å². The Morgan fingerprint density at radius 1 is 1.17 bits per heavy atom. The van der Waals surface area contributed by atoms with Gasteiger partial charge in [-0.05, 0) is 25.3 Å². The largest absolute Gasteiger partial charge is 0.381 e. The predicted molar refractivity (Wildman–Crippen MR) is 91.3 cm³/mol. The van der Waals surface area contributed by atoms with Crippen molar-refractivity contribution in [2.45, 2.75) is 31.3 Å². The van der Waals surface area contributed by atoms with Crippen LogP contribution in [0.5, 0.6) is 0 Å². The van der Waals surface area contributed by atoms with E-state index in [1.165, 1.54) is 18.0 Å². The Balaban J connectivity index is 1.68. The first-order valence-corrected chi connectivity index (χ1v) is 8.29. The van der Waals surface area contributed by atoms with Gasteiger partial charge in [0.2, 0.25) is 5.95 Å². The molecular weight excluding hydrogens is 307 g/mol. The maximum atomic E-state index is 12.9. The summed E-state index contributed by atoms with van der Waals surface area (Å²) in [6.07, 6.45) is 4.15. The lowest BCUT2D eigenvalue weighted by molar-refractivity contribution is 0.0389. The van der Waals surface area contributed by atoms with E-state index in [4.69, 9.17) is 4.74 Å². The monoisotopic (exact) mass is 330 g/mol. The molecule has 0 amide bonds. The number of hydrogen-bond donors (Lipinski definition) is 2. The van der Waals surface area contributed by atoms with Crippen molar-refractivity contribution in [3.05, 3.63) is 54.1 Å². The number of hydrogen-bond acceptors (Lipinski definition) is 5. The molecule has 1 aromatic carbocycles. The number of anilines is 1. The zero-order valence-electron chi connectivity index (χ0n) is 13.8. The Kier molecular flexibility index (Phi) is 5.37. The first kappa shape index (κ1) is 16.8. The van der Waals surface area contributed by atoms with Gasteiger partial charge in [0, 0.05) is 31.3 Å². The van der Waals surface area contributed by atoms with Crippen LogP contribution in [0, 0.1) is 5.82 Å². The van der Waals surface area contributed by atoms with Crippen molar-refractivity contribution >= 4 is 5.95 Å². The highest BCUT2D eigenvalue weighted by Crippen LogP contribution is 2.25. The first-order chi connectivity index (χ1) is 11.7. The lowest BCUT2D eigenvalue weighted by Gasteiger charge is -2.40. The zero-order valence-corrected chi connectivity index (χ0v) is 13.8. The fourth-order valence-corrected chi connectivity index (χ4v) is 3.07. The van der Waals surface area contributed by atoms with Crippen LogP contribution in [0.3, 0.4) is 0 Å². The van der Waals surface area contributed by atoms with Gasteiger partial charge in [0.25, 0.3) is 0 Å². The maximum Gasteiger partial charge on any atom is 0.222 e. The molecule has 0 saturated carbocycles. The van der Waals surface area contributed by atoms with Crippen molar-refractivity contribution in [2.24, 2.45) is 0 Å². The molecular formula is C18H23FN4O. The highest BCUT2D eigenvalue weighted by atomic mass is 19.1. The summed E-state index contributed by atoms with van der Waals surface area (Å²) in [5.74, 6) is 0.00795. The van der Waals surface area contributed by atoms with Gasteiger partial charge < -0.3 is 15.4 Å². The van der Waals surface area contributed by atoms with Crippen LogP contribution in [0.4, 0.5) is 10.3 Å². The van der Waals surface area contributed by atoms with E-state index in [-0.39, 0.29) is 11.6 Å². The van der Waals surface area contributed by atoms with E-state index in [1.807, 2.05) is 6.07 Å². The molecule has 1 aliphatic heterocycles. The Hall–Kier alpha value is -2.05. The Labute approximate surface area is 141 Å². The van der Waals surface area contributed by atoms with Gasteiger partial charge in [-0.2, -0.15) is 0 Å². The standard InChI is InChI=1S/C18H23FN4O/c1-14(15-5-3-2-4-6-15)23-18(7-9-24-10-8-18)13-22-17-20-11-16(19)12-21-17/h2-6,11-12,14,23H,7-10,13H2,1H3,(H,20,21,22). The summed E-state index contributed by atoms with van der Waals surface area (Å²) < 4.78 is 18.5. The third-order valence-corrected chi connectivity index (χ3v) is 4.48. The van der Waals surface area contributed by atoms with Crippen molar-refractivity contribution < 1.29 is 9.13 Å². The predicted octanol–water partition coefficient (Wildman–Crippen LogP) is 2.93. The number of nitrogens with one attached hydrogen (secondary N) is 2. The summed E-state index contributed by atoms with van der Waals surface area (Å²) in [6, 6.07) is 10.6. The fraction of sp³-hybridized carbons (Fsp3) is 0.444. The van der Waals surface area contributed by atoms with Crippen molar-refractivity contribution in [3.8, 4) is 0 Å². The summed E-state index contributed by atoms with van der Waals surface area (Å²) in [4.78, 5) is 7.95. The van der Waals surface area contributed by atoms with Gasteiger partial charge in [0.1, 0.15) is 0 Å². The average Bonchev–Trinajstić information content (AvgIpc) is 2.63. The molecule has 6 heteroatoms. The lowest BCUT2D eigenvalue weighted by atomic mass is 9.88. The molecule has 2 heterocycles. The molecule has 1 atom stereocenters. The summed E-state index contributed by atoms with van der Waals surface area (Å²) in [7, 11) is 0. The van der Waals surface area contributed by atoms with Gasteiger partial charge in [-0.1, -0.05) is 30.3 Å². The summed E-state index contributed by atoms with van der Waals surface area (Å²) in [5.41, 5.74) is 1.15. The summed E-state index contributed by atoms with van der Waals surface area (Å²) in [6.45, 7) is 4.28. The molecule has 0 spiro atoms. The van der Waals surface area contributed by atoms with Gasteiger partial charge in [-0.25, -0.2) is 14.4 Å². The van der Waals surface area contributed by atoms with Crippen LogP contribution in [-0.4, -0.2) is 35.3 Å². The quantitative estimate of drug-likeness (QED) is 0.853. The molecule has 0 radical (unpaired) electrons. The van der Waals surface area contributed by atoms with Gasteiger partial charge in [0.15, 0.2) is 5.82 Å². The lowest BCUT2D eigenvalue weighted by Crippen LogP contribution is -2.54. The molecule has 24 heavy (non-hydrogen) atoms. The van der Waals surface area contributed by atoms with E-state index in [9.17, 15) is 4.39 Å². The topological polar surface area (TPSA) is 59.1 Å². The summed E-state index contributed by atoms with van der Waals surface area (Å²) in [5, 5.41) is 6.99. The van der Waals surface area contributed by atoms with Gasteiger partial charge >= 0.3 is 0 Å². The number of halogens is 1.